The molecule has 0 bridgehead atoms. The van der Waals surface area contributed by atoms with E-state index in [2.05, 4.69) is 10.4 Å². The Kier molecular flexibility index (Phi) is 6.16. The fourth-order valence-electron chi connectivity index (χ4n) is 3.37. The van der Waals surface area contributed by atoms with Crippen LogP contribution in [-0.2, 0) is 5.75 Å². The van der Waals surface area contributed by atoms with E-state index in [1.165, 1.54) is 6.07 Å². The Balaban J connectivity index is 1.32. The first-order chi connectivity index (χ1) is 14.1. The normalized spacial score (nSPS) is 14.3. The molecule has 1 aromatic heterocycles. The summed E-state index contributed by atoms with van der Waals surface area (Å²) in [7, 11) is 0. The van der Waals surface area contributed by atoms with Gasteiger partial charge in [-0.15, -0.1) is 23.1 Å². The van der Waals surface area contributed by atoms with Gasteiger partial charge in [0.1, 0.15) is 5.82 Å². The van der Waals surface area contributed by atoms with Gasteiger partial charge < -0.3 is 9.80 Å². The van der Waals surface area contributed by atoms with Crippen molar-refractivity contribution in [2.75, 3.05) is 31.1 Å². The van der Waals surface area contributed by atoms with E-state index in [0.29, 0.717) is 37.4 Å². The number of carbonyl (C=O) groups is 1. The molecule has 150 valence electrons. The van der Waals surface area contributed by atoms with Gasteiger partial charge in [-0.2, -0.15) is 0 Å². The molecule has 0 N–H and O–H groups in total. The summed E-state index contributed by atoms with van der Waals surface area (Å²) >= 11 is 3.38. The first-order valence-corrected chi connectivity index (χ1v) is 11.4. The largest absolute Gasteiger partial charge is 0.366 e. The van der Waals surface area contributed by atoms with Crippen LogP contribution in [0.4, 0.5) is 10.1 Å². The second-order valence-electron chi connectivity index (χ2n) is 6.90. The number of aryl methyl sites for hydroxylation is 1. The molecule has 1 aliphatic rings. The van der Waals surface area contributed by atoms with Gasteiger partial charge in [0.05, 0.1) is 16.4 Å². The number of thiazole rings is 1. The molecule has 0 saturated carbocycles. The Labute approximate surface area is 178 Å². The number of carbonyl (C=O) groups excluding carboxylic acids is 1. The predicted octanol–water partition coefficient (Wildman–Crippen LogP) is 4.85. The Morgan fingerprint density at radius 3 is 2.48 bits per heavy atom. The lowest BCUT2D eigenvalue weighted by molar-refractivity contribution is 0.0746. The van der Waals surface area contributed by atoms with Crippen molar-refractivity contribution in [2.24, 2.45) is 0 Å². The van der Waals surface area contributed by atoms with E-state index in [1.807, 2.05) is 47.1 Å². The number of rotatable bonds is 5. The van der Waals surface area contributed by atoms with Gasteiger partial charge in [-0.1, -0.05) is 12.1 Å². The fourth-order valence-corrected chi connectivity index (χ4v) is 4.88. The molecule has 1 saturated heterocycles. The van der Waals surface area contributed by atoms with Gasteiger partial charge in [-0.05, 0) is 43.3 Å². The summed E-state index contributed by atoms with van der Waals surface area (Å²) in [6, 6.07) is 14.6. The molecule has 3 aromatic rings. The number of benzene rings is 2. The summed E-state index contributed by atoms with van der Waals surface area (Å²) in [6.07, 6.45) is 0. The van der Waals surface area contributed by atoms with Gasteiger partial charge in [0.15, 0.2) is 0 Å². The van der Waals surface area contributed by atoms with Crippen molar-refractivity contribution in [3.05, 3.63) is 76.0 Å². The first-order valence-electron chi connectivity index (χ1n) is 9.53. The van der Waals surface area contributed by atoms with Gasteiger partial charge in [0.2, 0.25) is 0 Å². The molecule has 0 radical (unpaired) electrons. The minimum Gasteiger partial charge on any atom is -0.366 e. The standard InChI is InChI=1S/C22H22FN3OS2/c1-16-24-18(14-28-16)15-29-19-8-6-17(7-9-19)22(27)26-12-10-25(11-13-26)21-5-3-2-4-20(21)23/h2-9,14H,10-13,15H2,1H3. The van der Waals surface area contributed by atoms with Crippen LogP contribution in [0.25, 0.3) is 0 Å². The molecule has 1 fully saturated rings. The summed E-state index contributed by atoms with van der Waals surface area (Å²) < 4.78 is 14.0. The molecule has 0 atom stereocenters. The van der Waals surface area contributed by atoms with E-state index < -0.39 is 0 Å². The highest BCUT2D eigenvalue weighted by atomic mass is 32.2. The SMILES string of the molecule is Cc1nc(CSc2ccc(C(=O)N3CCN(c4ccccc4F)CC3)cc2)cs1. The number of nitrogens with zero attached hydrogens (tertiary/aromatic N) is 3. The maximum Gasteiger partial charge on any atom is 0.253 e. The first kappa shape index (κ1) is 19.9. The van der Waals surface area contributed by atoms with Gasteiger partial charge in [-0.25, -0.2) is 9.37 Å². The van der Waals surface area contributed by atoms with Crippen molar-refractivity contribution in [3.8, 4) is 0 Å². The quantitative estimate of drug-likeness (QED) is 0.546. The van der Waals surface area contributed by atoms with Gasteiger partial charge in [-0.3, -0.25) is 4.79 Å². The number of amides is 1. The highest BCUT2D eigenvalue weighted by Crippen LogP contribution is 2.25. The second kappa shape index (κ2) is 8.97. The number of anilines is 1. The molecule has 7 heteroatoms. The summed E-state index contributed by atoms with van der Waals surface area (Å²) in [5, 5.41) is 3.16. The van der Waals surface area contributed by atoms with Crippen LogP contribution in [0.5, 0.6) is 0 Å². The predicted molar refractivity (Wildman–Crippen MR) is 117 cm³/mol. The van der Waals surface area contributed by atoms with Crippen LogP contribution in [0.3, 0.4) is 0 Å². The van der Waals surface area contributed by atoms with Crippen molar-refractivity contribution in [2.45, 2.75) is 17.6 Å². The molecular formula is C22H22FN3OS2. The minimum atomic E-state index is -0.215. The number of hydrogen-bond donors (Lipinski definition) is 0. The molecule has 2 aromatic carbocycles. The van der Waals surface area contributed by atoms with E-state index in [-0.39, 0.29) is 11.7 Å². The molecule has 4 nitrogen and oxygen atoms in total. The Morgan fingerprint density at radius 1 is 1.10 bits per heavy atom. The monoisotopic (exact) mass is 427 g/mol. The maximum absolute atomic E-state index is 14.0. The average molecular weight is 428 g/mol. The molecule has 0 spiro atoms. The zero-order valence-corrected chi connectivity index (χ0v) is 17.8. The number of para-hydroxylation sites is 1. The zero-order valence-electron chi connectivity index (χ0n) is 16.2. The Bertz CT molecular complexity index is 982. The van der Waals surface area contributed by atoms with Gasteiger partial charge in [0, 0.05) is 47.8 Å². The number of piperazine rings is 1. The third-order valence-electron chi connectivity index (χ3n) is 4.91. The lowest BCUT2D eigenvalue weighted by atomic mass is 10.1. The van der Waals surface area contributed by atoms with Crippen LogP contribution >= 0.6 is 23.1 Å². The Morgan fingerprint density at radius 2 is 1.83 bits per heavy atom. The van der Waals surface area contributed by atoms with Crippen LogP contribution in [0.2, 0.25) is 0 Å². The van der Waals surface area contributed by atoms with Crippen LogP contribution in [0.15, 0.2) is 58.8 Å². The molecule has 0 aliphatic carbocycles. The van der Waals surface area contributed by atoms with E-state index in [0.717, 1.165) is 21.3 Å². The molecule has 0 unspecified atom stereocenters. The van der Waals surface area contributed by atoms with Crippen LogP contribution in [0.1, 0.15) is 21.1 Å². The summed E-state index contributed by atoms with van der Waals surface area (Å²) in [5.41, 5.74) is 2.39. The molecule has 1 amide bonds. The third-order valence-corrected chi connectivity index (χ3v) is 6.78. The van der Waals surface area contributed by atoms with Crippen molar-refractivity contribution >= 4 is 34.7 Å². The zero-order chi connectivity index (χ0) is 20.2. The van der Waals surface area contributed by atoms with Gasteiger partial charge in [0.25, 0.3) is 5.91 Å². The van der Waals surface area contributed by atoms with E-state index in [9.17, 15) is 9.18 Å². The molecule has 29 heavy (non-hydrogen) atoms. The van der Waals surface area contributed by atoms with E-state index in [1.54, 1.807) is 35.2 Å². The van der Waals surface area contributed by atoms with Crippen molar-refractivity contribution in [3.63, 3.8) is 0 Å². The minimum absolute atomic E-state index is 0.0323. The maximum atomic E-state index is 14.0. The second-order valence-corrected chi connectivity index (χ2v) is 9.01. The summed E-state index contributed by atoms with van der Waals surface area (Å²) in [5.74, 6) is 0.647. The van der Waals surface area contributed by atoms with Crippen LogP contribution < -0.4 is 4.90 Å². The Hall–Kier alpha value is -2.38. The van der Waals surface area contributed by atoms with Gasteiger partial charge >= 0.3 is 0 Å². The topological polar surface area (TPSA) is 36.4 Å². The summed E-state index contributed by atoms with van der Waals surface area (Å²) in [4.78, 5) is 22.3. The van der Waals surface area contributed by atoms with Crippen molar-refractivity contribution < 1.29 is 9.18 Å². The highest BCUT2D eigenvalue weighted by molar-refractivity contribution is 7.98. The van der Waals surface area contributed by atoms with E-state index in [4.69, 9.17) is 0 Å². The smallest absolute Gasteiger partial charge is 0.253 e. The van der Waals surface area contributed by atoms with Crippen LogP contribution in [-0.4, -0.2) is 42.0 Å². The third kappa shape index (κ3) is 4.79. The lowest BCUT2D eigenvalue weighted by Gasteiger charge is -2.36. The number of aromatic nitrogens is 1. The van der Waals surface area contributed by atoms with Crippen molar-refractivity contribution in [1.82, 2.24) is 9.88 Å². The van der Waals surface area contributed by atoms with Crippen LogP contribution in [0, 0.1) is 12.7 Å². The number of hydrogen-bond acceptors (Lipinski definition) is 5. The summed E-state index contributed by atoms with van der Waals surface area (Å²) in [6.45, 7) is 4.45. The average Bonchev–Trinajstić information content (AvgIpc) is 3.18. The molecule has 4 rings (SSSR count). The molecular weight excluding hydrogens is 405 g/mol. The molecule has 1 aliphatic heterocycles. The molecule has 2 heterocycles. The van der Waals surface area contributed by atoms with Crippen molar-refractivity contribution in [1.29, 1.82) is 0 Å². The fraction of sp³-hybridized carbons (Fsp3) is 0.273. The number of halogens is 1. The lowest BCUT2D eigenvalue weighted by Crippen LogP contribution is -2.49. The number of thioether (sulfide) groups is 1. The highest BCUT2D eigenvalue weighted by Gasteiger charge is 2.23. The van der Waals surface area contributed by atoms with E-state index >= 15 is 0 Å².